The molecule has 2 heterocycles. The summed E-state index contributed by atoms with van der Waals surface area (Å²) in [5, 5.41) is 0. The Morgan fingerprint density at radius 2 is 1.88 bits per heavy atom. The molecule has 1 spiro atoms. The van der Waals surface area contributed by atoms with E-state index >= 15 is 0 Å². The average Bonchev–Trinajstić information content (AvgIpc) is 2.59. The van der Waals surface area contributed by atoms with Crippen molar-refractivity contribution in [2.45, 2.75) is 44.3 Å². The fourth-order valence-corrected chi connectivity index (χ4v) is 3.80. The van der Waals surface area contributed by atoms with Gasteiger partial charge in [0.05, 0.1) is 5.60 Å². The topological polar surface area (TPSA) is 32.8 Å². The maximum Gasteiger partial charge on any atom is 0.251 e. The standard InChI is InChI=1S/C19H28N2O2.ClH/c1-3-17-18(22)20(2)15-19(23-17)10-13-21(14-11-19)12-9-16-7-5-4-6-8-16;/h4-8,17H,3,9-15H2,1-2H3;1H. The minimum atomic E-state index is -0.246. The summed E-state index contributed by atoms with van der Waals surface area (Å²) in [6, 6.07) is 10.7. The van der Waals surface area contributed by atoms with E-state index in [1.165, 1.54) is 5.56 Å². The first-order valence-corrected chi connectivity index (χ1v) is 8.81. The van der Waals surface area contributed by atoms with Crippen LogP contribution >= 0.6 is 12.4 Å². The van der Waals surface area contributed by atoms with Gasteiger partial charge in [0.25, 0.3) is 5.91 Å². The first kappa shape index (κ1) is 19.2. The highest BCUT2D eigenvalue weighted by Gasteiger charge is 2.44. The smallest absolute Gasteiger partial charge is 0.251 e. The van der Waals surface area contributed by atoms with Crippen molar-refractivity contribution in [3.8, 4) is 0 Å². The number of halogens is 1. The summed E-state index contributed by atoms with van der Waals surface area (Å²) in [6.45, 7) is 6.00. The van der Waals surface area contributed by atoms with Gasteiger partial charge < -0.3 is 14.5 Å². The van der Waals surface area contributed by atoms with E-state index in [-0.39, 0.29) is 30.0 Å². The summed E-state index contributed by atoms with van der Waals surface area (Å²) in [5.41, 5.74) is 1.28. The Morgan fingerprint density at radius 3 is 2.50 bits per heavy atom. The van der Waals surface area contributed by atoms with Gasteiger partial charge in [0.1, 0.15) is 6.10 Å². The highest BCUT2D eigenvalue weighted by Crippen LogP contribution is 2.33. The normalized spacial score (nSPS) is 24.0. The third-order valence-corrected chi connectivity index (χ3v) is 5.27. The fraction of sp³-hybridized carbons (Fsp3) is 0.632. The Morgan fingerprint density at radius 1 is 1.21 bits per heavy atom. The summed E-state index contributed by atoms with van der Waals surface area (Å²) in [4.78, 5) is 16.5. The number of rotatable bonds is 4. The largest absolute Gasteiger partial charge is 0.360 e. The van der Waals surface area contributed by atoms with Crippen LogP contribution in [0, 0.1) is 0 Å². The van der Waals surface area contributed by atoms with E-state index < -0.39 is 0 Å². The molecule has 0 aromatic heterocycles. The molecule has 1 atom stereocenters. The quantitative estimate of drug-likeness (QED) is 0.835. The van der Waals surface area contributed by atoms with Gasteiger partial charge in [0.15, 0.2) is 0 Å². The Balaban J connectivity index is 0.00000208. The first-order valence-electron chi connectivity index (χ1n) is 8.81. The van der Waals surface area contributed by atoms with Gasteiger partial charge in [-0.3, -0.25) is 4.79 Å². The highest BCUT2D eigenvalue weighted by atomic mass is 35.5. The number of morpholine rings is 1. The number of piperidine rings is 1. The number of amides is 1. The third kappa shape index (κ3) is 4.29. The molecule has 0 N–H and O–H groups in total. The first-order chi connectivity index (χ1) is 11.1. The van der Waals surface area contributed by atoms with Crippen molar-refractivity contribution >= 4 is 18.3 Å². The minimum Gasteiger partial charge on any atom is -0.360 e. The summed E-state index contributed by atoms with van der Waals surface area (Å²) >= 11 is 0. The van der Waals surface area contributed by atoms with E-state index in [4.69, 9.17) is 4.74 Å². The van der Waals surface area contributed by atoms with Crippen LogP contribution < -0.4 is 0 Å². The van der Waals surface area contributed by atoms with Crippen molar-refractivity contribution in [1.82, 2.24) is 9.80 Å². The number of carbonyl (C=O) groups is 1. The van der Waals surface area contributed by atoms with Crippen LogP contribution in [0.25, 0.3) is 0 Å². The van der Waals surface area contributed by atoms with Crippen molar-refractivity contribution in [2.75, 3.05) is 33.2 Å². The van der Waals surface area contributed by atoms with Crippen LogP contribution in [0.3, 0.4) is 0 Å². The van der Waals surface area contributed by atoms with E-state index in [9.17, 15) is 4.79 Å². The fourth-order valence-electron chi connectivity index (χ4n) is 3.80. The van der Waals surface area contributed by atoms with E-state index in [0.717, 1.165) is 51.9 Å². The maximum atomic E-state index is 12.1. The van der Waals surface area contributed by atoms with Gasteiger partial charge in [-0.1, -0.05) is 37.3 Å². The van der Waals surface area contributed by atoms with Gasteiger partial charge in [0.2, 0.25) is 0 Å². The number of likely N-dealkylation sites (N-methyl/N-ethyl adjacent to an activating group) is 1. The zero-order valence-corrected chi connectivity index (χ0v) is 15.6. The monoisotopic (exact) mass is 352 g/mol. The van der Waals surface area contributed by atoms with Gasteiger partial charge in [-0.05, 0) is 31.2 Å². The average molecular weight is 353 g/mol. The van der Waals surface area contributed by atoms with Crippen LogP contribution in [0.4, 0.5) is 0 Å². The van der Waals surface area contributed by atoms with E-state index in [0.29, 0.717) is 0 Å². The lowest BCUT2D eigenvalue weighted by Crippen LogP contribution is -2.60. The molecule has 0 aliphatic carbocycles. The molecular formula is C19H29ClN2O2. The predicted octanol–water partition coefficient (Wildman–Crippen LogP) is 2.75. The number of ether oxygens (including phenoxy) is 1. The summed E-state index contributed by atoms with van der Waals surface area (Å²) in [5.74, 6) is 0.143. The Hall–Kier alpha value is -1.10. The van der Waals surface area contributed by atoms with Crippen molar-refractivity contribution in [3.63, 3.8) is 0 Å². The number of nitrogens with zero attached hydrogens (tertiary/aromatic N) is 2. The van der Waals surface area contributed by atoms with Gasteiger partial charge in [0, 0.05) is 33.2 Å². The second-order valence-electron chi connectivity index (χ2n) is 6.97. The number of likely N-dealkylation sites (tertiary alicyclic amines) is 1. The molecule has 1 unspecified atom stereocenters. The SMILES string of the molecule is CCC1OC2(CCN(CCc3ccccc3)CC2)CN(C)C1=O.Cl. The number of benzene rings is 1. The Kier molecular flexibility index (Phi) is 6.67. The van der Waals surface area contributed by atoms with Gasteiger partial charge in [-0.25, -0.2) is 0 Å². The van der Waals surface area contributed by atoms with E-state index in [1.54, 1.807) is 0 Å². The molecule has 2 fully saturated rings. The molecule has 0 bridgehead atoms. The molecule has 2 saturated heterocycles. The maximum absolute atomic E-state index is 12.1. The number of carbonyl (C=O) groups excluding carboxylic acids is 1. The van der Waals surface area contributed by atoms with Crippen LogP contribution in [0.1, 0.15) is 31.7 Å². The van der Waals surface area contributed by atoms with Crippen LogP contribution in [0.5, 0.6) is 0 Å². The van der Waals surface area contributed by atoms with Gasteiger partial charge in [-0.2, -0.15) is 0 Å². The summed E-state index contributed by atoms with van der Waals surface area (Å²) in [6.07, 6.45) is 3.67. The molecule has 2 aliphatic rings. The molecule has 4 nitrogen and oxygen atoms in total. The number of hydrogen-bond donors (Lipinski definition) is 0. The van der Waals surface area contributed by atoms with Gasteiger partial charge in [-0.15, -0.1) is 12.4 Å². The molecular weight excluding hydrogens is 324 g/mol. The lowest BCUT2D eigenvalue weighted by atomic mass is 9.88. The molecule has 2 aliphatic heterocycles. The van der Waals surface area contributed by atoms with E-state index in [2.05, 4.69) is 35.2 Å². The van der Waals surface area contributed by atoms with Crippen LogP contribution in [0.2, 0.25) is 0 Å². The van der Waals surface area contributed by atoms with Crippen molar-refractivity contribution < 1.29 is 9.53 Å². The predicted molar refractivity (Wildman–Crippen MR) is 98.6 cm³/mol. The zero-order chi connectivity index (χ0) is 16.3. The third-order valence-electron chi connectivity index (χ3n) is 5.27. The van der Waals surface area contributed by atoms with Crippen molar-refractivity contribution in [1.29, 1.82) is 0 Å². The molecule has 1 aromatic carbocycles. The molecule has 0 radical (unpaired) electrons. The highest BCUT2D eigenvalue weighted by molar-refractivity contribution is 5.85. The second kappa shape index (κ2) is 8.32. The second-order valence-corrected chi connectivity index (χ2v) is 6.97. The lowest BCUT2D eigenvalue weighted by Gasteiger charge is -2.48. The molecule has 5 heteroatoms. The Bertz CT molecular complexity index is 529. The zero-order valence-electron chi connectivity index (χ0n) is 14.7. The lowest BCUT2D eigenvalue weighted by molar-refractivity contribution is -0.190. The summed E-state index contributed by atoms with van der Waals surface area (Å²) in [7, 11) is 1.91. The van der Waals surface area contributed by atoms with Crippen molar-refractivity contribution in [2.24, 2.45) is 0 Å². The minimum absolute atomic E-state index is 0. The van der Waals surface area contributed by atoms with Gasteiger partial charge >= 0.3 is 0 Å². The van der Waals surface area contributed by atoms with E-state index in [1.807, 2.05) is 18.9 Å². The summed E-state index contributed by atoms with van der Waals surface area (Å²) < 4.78 is 6.24. The van der Waals surface area contributed by atoms with Crippen LogP contribution in [0.15, 0.2) is 30.3 Å². The molecule has 0 saturated carbocycles. The Labute approximate surface area is 151 Å². The molecule has 1 aromatic rings. The molecule has 1 amide bonds. The molecule has 24 heavy (non-hydrogen) atoms. The van der Waals surface area contributed by atoms with Crippen LogP contribution in [-0.4, -0.2) is 60.6 Å². The number of hydrogen-bond acceptors (Lipinski definition) is 3. The van der Waals surface area contributed by atoms with Crippen LogP contribution in [-0.2, 0) is 16.0 Å². The molecule has 134 valence electrons. The van der Waals surface area contributed by atoms with Crippen molar-refractivity contribution in [3.05, 3.63) is 35.9 Å². The molecule has 3 rings (SSSR count).